The van der Waals surface area contributed by atoms with Crippen LogP contribution in [0.5, 0.6) is 0 Å². The molecule has 2 amide bonds. The minimum Gasteiger partial charge on any atom is -0.339 e. The zero-order valence-corrected chi connectivity index (χ0v) is 18.0. The number of rotatable bonds is 6. The molecule has 0 radical (unpaired) electrons. The second kappa shape index (κ2) is 10.5. The molecule has 1 fully saturated rings. The number of carbonyl (C=O) groups is 2. The SMILES string of the molecule is O=C(CC1CCN(C(=O)c2ccc(/C=C\c3ccncc3)cc2)CC1)Nc1ccccc1. The van der Waals surface area contributed by atoms with E-state index >= 15 is 0 Å². The maximum Gasteiger partial charge on any atom is 0.253 e. The van der Waals surface area contributed by atoms with E-state index in [2.05, 4.69) is 10.3 Å². The van der Waals surface area contributed by atoms with Gasteiger partial charge in [0.05, 0.1) is 0 Å². The Hall–Kier alpha value is -3.73. The number of piperidine rings is 1. The largest absolute Gasteiger partial charge is 0.339 e. The number of anilines is 1. The topological polar surface area (TPSA) is 62.3 Å². The van der Waals surface area contributed by atoms with E-state index in [9.17, 15) is 9.59 Å². The first-order valence-corrected chi connectivity index (χ1v) is 11.0. The first-order chi connectivity index (χ1) is 15.7. The Labute approximate surface area is 188 Å². The normalized spacial score (nSPS) is 14.4. The van der Waals surface area contributed by atoms with Crippen molar-refractivity contribution in [1.82, 2.24) is 9.88 Å². The zero-order chi connectivity index (χ0) is 22.2. The molecule has 0 bridgehead atoms. The predicted octanol–water partition coefficient (Wildman–Crippen LogP) is 5.13. The fourth-order valence-electron chi connectivity index (χ4n) is 3.92. The maximum absolute atomic E-state index is 12.9. The van der Waals surface area contributed by atoms with Gasteiger partial charge in [0, 0.05) is 43.2 Å². The van der Waals surface area contributed by atoms with E-state index in [0.717, 1.165) is 29.7 Å². The summed E-state index contributed by atoms with van der Waals surface area (Å²) in [6.45, 7) is 1.37. The van der Waals surface area contributed by atoms with Crippen LogP contribution in [0.15, 0.2) is 79.1 Å². The van der Waals surface area contributed by atoms with Crippen molar-refractivity contribution in [2.75, 3.05) is 18.4 Å². The van der Waals surface area contributed by atoms with Gasteiger partial charge >= 0.3 is 0 Å². The number of aromatic nitrogens is 1. The number of likely N-dealkylation sites (tertiary alicyclic amines) is 1. The molecule has 4 rings (SSSR count). The van der Waals surface area contributed by atoms with Crippen LogP contribution in [0.25, 0.3) is 12.2 Å². The van der Waals surface area contributed by atoms with Gasteiger partial charge in [-0.15, -0.1) is 0 Å². The monoisotopic (exact) mass is 425 g/mol. The average molecular weight is 426 g/mol. The number of amides is 2. The van der Waals surface area contributed by atoms with Crippen LogP contribution in [0.1, 0.15) is 40.7 Å². The van der Waals surface area contributed by atoms with Crippen LogP contribution >= 0.6 is 0 Å². The van der Waals surface area contributed by atoms with Crippen LogP contribution in [-0.2, 0) is 4.79 Å². The van der Waals surface area contributed by atoms with Crippen molar-refractivity contribution in [3.8, 4) is 0 Å². The number of carbonyl (C=O) groups excluding carboxylic acids is 2. The van der Waals surface area contributed by atoms with Crippen LogP contribution in [0.2, 0.25) is 0 Å². The molecule has 162 valence electrons. The highest BCUT2D eigenvalue weighted by Crippen LogP contribution is 2.23. The van der Waals surface area contributed by atoms with Gasteiger partial charge in [0.25, 0.3) is 5.91 Å². The molecule has 0 aliphatic carbocycles. The Kier molecular flexibility index (Phi) is 7.08. The lowest BCUT2D eigenvalue weighted by Gasteiger charge is -2.31. The first-order valence-electron chi connectivity index (χ1n) is 11.0. The molecule has 5 heteroatoms. The fraction of sp³-hybridized carbons (Fsp3) is 0.222. The lowest BCUT2D eigenvalue weighted by Crippen LogP contribution is -2.39. The van der Waals surface area contributed by atoms with Crippen LogP contribution < -0.4 is 5.32 Å². The quantitative estimate of drug-likeness (QED) is 0.595. The standard InChI is InChI=1S/C27H27N3O2/c31-26(29-25-4-2-1-3-5-25)20-23-14-18-30(19-15-23)27(32)24-10-8-21(9-11-24)6-7-22-12-16-28-17-13-22/h1-13,16-17,23H,14-15,18-20H2,(H,29,31)/b7-6-. The van der Waals surface area contributed by atoms with E-state index in [1.165, 1.54) is 0 Å². The number of nitrogens with zero attached hydrogens (tertiary/aromatic N) is 2. The molecular formula is C27H27N3O2. The second-order valence-electron chi connectivity index (χ2n) is 8.09. The summed E-state index contributed by atoms with van der Waals surface area (Å²) >= 11 is 0. The van der Waals surface area contributed by atoms with Gasteiger partial charge in [-0.2, -0.15) is 0 Å². The van der Waals surface area contributed by atoms with E-state index in [1.807, 2.05) is 83.8 Å². The summed E-state index contributed by atoms with van der Waals surface area (Å²) in [4.78, 5) is 31.1. The molecule has 32 heavy (non-hydrogen) atoms. The van der Waals surface area contributed by atoms with Crippen molar-refractivity contribution in [1.29, 1.82) is 0 Å². The van der Waals surface area contributed by atoms with Gasteiger partial charge in [-0.25, -0.2) is 0 Å². The number of hydrogen-bond donors (Lipinski definition) is 1. The second-order valence-corrected chi connectivity index (χ2v) is 8.09. The van der Waals surface area contributed by atoms with Crippen molar-refractivity contribution in [3.63, 3.8) is 0 Å². The van der Waals surface area contributed by atoms with Crippen molar-refractivity contribution < 1.29 is 9.59 Å². The molecule has 5 nitrogen and oxygen atoms in total. The third-order valence-electron chi connectivity index (χ3n) is 5.77. The minimum atomic E-state index is 0.0383. The Morgan fingerprint density at radius 2 is 1.50 bits per heavy atom. The van der Waals surface area contributed by atoms with Crippen molar-refractivity contribution >= 4 is 29.7 Å². The van der Waals surface area contributed by atoms with Crippen LogP contribution in [0.4, 0.5) is 5.69 Å². The van der Waals surface area contributed by atoms with E-state index in [0.29, 0.717) is 31.0 Å². The van der Waals surface area contributed by atoms with Gasteiger partial charge in [0.1, 0.15) is 0 Å². The number of hydrogen-bond acceptors (Lipinski definition) is 3. The van der Waals surface area contributed by atoms with Gasteiger partial charge in [-0.3, -0.25) is 14.6 Å². The van der Waals surface area contributed by atoms with Gasteiger partial charge in [0.15, 0.2) is 0 Å². The molecule has 2 heterocycles. The molecule has 1 N–H and O–H groups in total. The van der Waals surface area contributed by atoms with Gasteiger partial charge in [-0.05, 0) is 66.3 Å². The Morgan fingerprint density at radius 3 is 2.16 bits per heavy atom. The van der Waals surface area contributed by atoms with Crippen LogP contribution in [0, 0.1) is 5.92 Å². The number of nitrogens with one attached hydrogen (secondary N) is 1. The van der Waals surface area contributed by atoms with Crippen molar-refractivity contribution in [2.45, 2.75) is 19.3 Å². The van der Waals surface area contributed by atoms with E-state index in [-0.39, 0.29) is 11.8 Å². The van der Waals surface area contributed by atoms with Crippen LogP contribution in [0.3, 0.4) is 0 Å². The van der Waals surface area contributed by atoms with E-state index < -0.39 is 0 Å². The summed E-state index contributed by atoms with van der Waals surface area (Å²) in [5, 5.41) is 2.95. The molecule has 0 spiro atoms. The first kappa shape index (κ1) is 21.5. The lowest BCUT2D eigenvalue weighted by atomic mass is 9.92. The lowest BCUT2D eigenvalue weighted by molar-refractivity contribution is -0.117. The summed E-state index contributed by atoms with van der Waals surface area (Å²) in [6, 6.07) is 21.1. The molecular weight excluding hydrogens is 398 g/mol. The molecule has 0 atom stereocenters. The average Bonchev–Trinajstić information content (AvgIpc) is 2.84. The molecule has 3 aromatic rings. The number of para-hydroxylation sites is 1. The maximum atomic E-state index is 12.9. The van der Waals surface area contributed by atoms with Gasteiger partial charge in [0.2, 0.25) is 5.91 Å². The molecule has 1 saturated heterocycles. The smallest absolute Gasteiger partial charge is 0.253 e. The number of benzene rings is 2. The summed E-state index contributed by atoms with van der Waals surface area (Å²) in [6.07, 6.45) is 9.77. The Balaban J connectivity index is 1.26. The fourth-order valence-corrected chi connectivity index (χ4v) is 3.92. The molecule has 0 unspecified atom stereocenters. The van der Waals surface area contributed by atoms with Crippen molar-refractivity contribution in [2.24, 2.45) is 5.92 Å². The van der Waals surface area contributed by atoms with E-state index in [1.54, 1.807) is 12.4 Å². The zero-order valence-electron chi connectivity index (χ0n) is 18.0. The third kappa shape index (κ3) is 5.91. The predicted molar refractivity (Wildman–Crippen MR) is 128 cm³/mol. The highest BCUT2D eigenvalue weighted by Gasteiger charge is 2.25. The minimum absolute atomic E-state index is 0.0383. The Bertz CT molecular complexity index is 1060. The molecule has 1 aromatic heterocycles. The summed E-state index contributed by atoms with van der Waals surface area (Å²) in [5.41, 5.74) is 3.65. The van der Waals surface area contributed by atoms with Gasteiger partial charge < -0.3 is 10.2 Å². The van der Waals surface area contributed by atoms with E-state index in [4.69, 9.17) is 0 Å². The van der Waals surface area contributed by atoms with Gasteiger partial charge in [-0.1, -0.05) is 42.5 Å². The summed E-state index contributed by atoms with van der Waals surface area (Å²) < 4.78 is 0. The third-order valence-corrected chi connectivity index (χ3v) is 5.77. The molecule has 1 aliphatic rings. The molecule has 1 aliphatic heterocycles. The highest BCUT2D eigenvalue weighted by atomic mass is 16.2. The molecule has 0 saturated carbocycles. The van der Waals surface area contributed by atoms with Crippen LogP contribution in [-0.4, -0.2) is 34.8 Å². The summed E-state index contributed by atoms with van der Waals surface area (Å²) in [5.74, 6) is 0.404. The summed E-state index contributed by atoms with van der Waals surface area (Å²) in [7, 11) is 0. The Morgan fingerprint density at radius 1 is 0.875 bits per heavy atom. The molecule has 2 aromatic carbocycles. The number of pyridine rings is 1. The van der Waals surface area contributed by atoms with Crippen molar-refractivity contribution in [3.05, 3.63) is 95.8 Å². The highest BCUT2D eigenvalue weighted by molar-refractivity contribution is 5.94.